The van der Waals surface area contributed by atoms with Crippen molar-refractivity contribution in [2.24, 2.45) is 0 Å². The molecule has 0 aliphatic heterocycles. The molecule has 0 saturated heterocycles. The van der Waals surface area contributed by atoms with E-state index in [-0.39, 0.29) is 0 Å². The summed E-state index contributed by atoms with van der Waals surface area (Å²) in [5.41, 5.74) is 21.8. The van der Waals surface area contributed by atoms with Gasteiger partial charge >= 0.3 is 0 Å². The van der Waals surface area contributed by atoms with Crippen molar-refractivity contribution in [3.63, 3.8) is 0 Å². The third-order valence-electron chi connectivity index (χ3n) is 14.0. The molecule has 0 amide bonds. The second-order valence-corrected chi connectivity index (χ2v) is 18.5. The molecule has 342 valence electrons. The van der Waals surface area contributed by atoms with Gasteiger partial charge in [0.25, 0.3) is 0 Å². The average Bonchev–Trinajstić information content (AvgIpc) is 3.81. The molecule has 0 radical (unpaired) electrons. The molecule has 11 aromatic carbocycles. The van der Waals surface area contributed by atoms with Gasteiger partial charge in [-0.25, -0.2) is 9.97 Å². The summed E-state index contributed by atoms with van der Waals surface area (Å²) in [7, 11) is 0. The van der Waals surface area contributed by atoms with Crippen LogP contribution in [0.2, 0.25) is 0 Å². The lowest BCUT2D eigenvalue weighted by molar-refractivity contribution is 1.17. The van der Waals surface area contributed by atoms with Crippen molar-refractivity contribution in [3.05, 3.63) is 285 Å². The molecule has 13 aromatic rings. The Morgan fingerprint density at radius 1 is 0.219 bits per heavy atom. The van der Waals surface area contributed by atoms with E-state index < -0.39 is 0 Å². The number of fused-ring (bicyclic) bond motifs is 3. The Morgan fingerprint density at radius 3 is 0.918 bits per heavy atom. The van der Waals surface area contributed by atoms with Crippen LogP contribution >= 0.6 is 0 Å². The van der Waals surface area contributed by atoms with E-state index in [0.29, 0.717) is 5.82 Å². The molecule has 0 N–H and O–H groups in total. The highest BCUT2D eigenvalue weighted by molar-refractivity contribution is 6.13. The van der Waals surface area contributed by atoms with Crippen LogP contribution in [-0.4, -0.2) is 14.5 Å². The van der Waals surface area contributed by atoms with Crippen LogP contribution in [0.5, 0.6) is 0 Å². The summed E-state index contributed by atoms with van der Waals surface area (Å²) in [6.45, 7) is 0. The zero-order valence-corrected chi connectivity index (χ0v) is 40.0. The molecule has 2 heterocycles. The Hall–Kier alpha value is -9.70. The normalized spacial score (nSPS) is 11.3. The fraction of sp³-hybridized carbons (Fsp3) is 0. The van der Waals surface area contributed by atoms with Crippen LogP contribution in [0.15, 0.2) is 285 Å². The molecule has 0 fully saturated rings. The zero-order valence-electron chi connectivity index (χ0n) is 40.0. The molecule has 0 bridgehead atoms. The van der Waals surface area contributed by atoms with Gasteiger partial charge in [0.1, 0.15) is 0 Å². The molecule has 0 atom stereocenters. The summed E-state index contributed by atoms with van der Waals surface area (Å²) >= 11 is 0. The van der Waals surface area contributed by atoms with Crippen LogP contribution in [0, 0.1) is 0 Å². The van der Waals surface area contributed by atoms with Crippen LogP contribution in [-0.2, 0) is 0 Å². The molecule has 3 nitrogen and oxygen atoms in total. The smallest absolute Gasteiger partial charge is 0.160 e. The first-order chi connectivity index (χ1) is 36.2. The number of hydrogen-bond donors (Lipinski definition) is 0. The minimum atomic E-state index is 0.664. The van der Waals surface area contributed by atoms with Gasteiger partial charge < -0.3 is 4.57 Å². The Balaban J connectivity index is 1.06. The van der Waals surface area contributed by atoms with E-state index in [1.54, 1.807) is 0 Å². The standard InChI is InChI=1S/C70H47N3/c1-7-19-48(20-8-1)52-31-35-56(36-32-52)65-47-66(72-70(71-65)57-37-33-53(34-38-57)49-21-9-2-10-22-49)60-45-61(54-27-15-5-16-28-54)69(62(46-60)55-29-17-6-18-30-55)73-67-41-39-58(50-23-11-3-12-24-50)43-63(67)64-44-59(40-42-68(64)73)51-25-13-4-14-26-51/h1-47H. The highest BCUT2D eigenvalue weighted by atomic mass is 15.0. The molecule has 0 spiro atoms. The summed E-state index contributed by atoms with van der Waals surface area (Å²) in [5, 5.41) is 2.38. The maximum atomic E-state index is 5.49. The van der Waals surface area contributed by atoms with Gasteiger partial charge in [0, 0.05) is 38.6 Å². The van der Waals surface area contributed by atoms with E-state index in [2.05, 4.69) is 290 Å². The van der Waals surface area contributed by atoms with Crippen molar-refractivity contribution >= 4 is 21.8 Å². The number of aromatic nitrogens is 3. The molecular weight excluding hydrogens is 883 g/mol. The van der Waals surface area contributed by atoms with Gasteiger partial charge in [-0.05, 0) is 98.1 Å². The molecule has 0 aliphatic carbocycles. The lowest BCUT2D eigenvalue weighted by Crippen LogP contribution is -2.03. The van der Waals surface area contributed by atoms with E-state index in [9.17, 15) is 0 Å². The number of rotatable bonds is 10. The first-order valence-corrected chi connectivity index (χ1v) is 24.9. The lowest BCUT2D eigenvalue weighted by atomic mass is 9.91. The maximum absolute atomic E-state index is 5.49. The molecule has 73 heavy (non-hydrogen) atoms. The van der Waals surface area contributed by atoms with E-state index in [4.69, 9.17) is 9.97 Å². The number of benzene rings is 11. The summed E-state index contributed by atoms with van der Waals surface area (Å²) in [4.78, 5) is 10.8. The molecule has 0 aliphatic rings. The molecule has 13 rings (SSSR count). The Morgan fingerprint density at radius 2 is 0.521 bits per heavy atom. The third-order valence-corrected chi connectivity index (χ3v) is 14.0. The van der Waals surface area contributed by atoms with Crippen LogP contribution in [0.3, 0.4) is 0 Å². The summed E-state index contributed by atoms with van der Waals surface area (Å²) < 4.78 is 2.50. The van der Waals surface area contributed by atoms with Crippen LogP contribution in [0.1, 0.15) is 0 Å². The van der Waals surface area contributed by atoms with Crippen molar-refractivity contribution in [3.8, 4) is 106 Å². The lowest BCUT2D eigenvalue weighted by Gasteiger charge is -2.21. The predicted molar refractivity (Wildman–Crippen MR) is 305 cm³/mol. The van der Waals surface area contributed by atoms with Gasteiger partial charge in [-0.3, -0.25) is 0 Å². The van der Waals surface area contributed by atoms with Crippen molar-refractivity contribution in [2.75, 3.05) is 0 Å². The minimum Gasteiger partial charge on any atom is -0.308 e. The topological polar surface area (TPSA) is 30.7 Å². The zero-order chi connectivity index (χ0) is 48.5. The molecule has 2 aromatic heterocycles. The first-order valence-electron chi connectivity index (χ1n) is 24.9. The Kier molecular flexibility index (Phi) is 11.2. The van der Waals surface area contributed by atoms with E-state index >= 15 is 0 Å². The Labute approximate surface area is 425 Å². The summed E-state index contributed by atoms with van der Waals surface area (Å²) in [5.74, 6) is 0.664. The number of nitrogens with zero attached hydrogens (tertiary/aromatic N) is 3. The SMILES string of the molecule is c1ccc(-c2ccc(-c3cc(-c4cc(-c5ccccc5)c(-n5c6ccc(-c7ccccc7)cc6c6cc(-c7ccccc7)ccc65)c(-c5ccccc5)c4)nc(-c4ccc(-c5ccccc5)cc4)n3)cc2)cc1. The van der Waals surface area contributed by atoms with E-state index in [0.717, 1.165) is 78.2 Å². The second kappa shape index (κ2) is 18.9. The second-order valence-electron chi connectivity index (χ2n) is 18.5. The third kappa shape index (κ3) is 8.39. The van der Waals surface area contributed by atoms with Gasteiger partial charge in [0.2, 0.25) is 0 Å². The molecule has 0 unspecified atom stereocenters. The highest BCUT2D eigenvalue weighted by Gasteiger charge is 2.24. The van der Waals surface area contributed by atoms with Crippen LogP contribution < -0.4 is 0 Å². The summed E-state index contributed by atoms with van der Waals surface area (Å²) in [6.07, 6.45) is 0. The number of hydrogen-bond acceptors (Lipinski definition) is 2. The van der Waals surface area contributed by atoms with Gasteiger partial charge in [-0.15, -0.1) is 0 Å². The monoisotopic (exact) mass is 929 g/mol. The first kappa shape index (κ1) is 43.3. The van der Waals surface area contributed by atoms with E-state index in [1.165, 1.54) is 44.2 Å². The molecule has 0 saturated carbocycles. The molecular formula is C70H47N3. The van der Waals surface area contributed by atoms with Crippen molar-refractivity contribution in [1.29, 1.82) is 0 Å². The maximum Gasteiger partial charge on any atom is 0.160 e. The quantitative estimate of drug-likeness (QED) is 0.137. The fourth-order valence-corrected chi connectivity index (χ4v) is 10.4. The predicted octanol–water partition coefficient (Wildman–Crippen LogP) is 18.6. The van der Waals surface area contributed by atoms with Gasteiger partial charge in [0.15, 0.2) is 5.82 Å². The summed E-state index contributed by atoms with van der Waals surface area (Å²) in [6, 6.07) is 102. The van der Waals surface area contributed by atoms with Crippen molar-refractivity contribution in [2.45, 2.75) is 0 Å². The average molecular weight is 930 g/mol. The molecule has 3 heteroatoms. The van der Waals surface area contributed by atoms with Crippen LogP contribution in [0.25, 0.3) is 128 Å². The van der Waals surface area contributed by atoms with Gasteiger partial charge in [0.05, 0.1) is 28.1 Å². The van der Waals surface area contributed by atoms with Crippen molar-refractivity contribution < 1.29 is 0 Å². The largest absolute Gasteiger partial charge is 0.308 e. The van der Waals surface area contributed by atoms with E-state index in [1.807, 2.05) is 0 Å². The van der Waals surface area contributed by atoms with Crippen LogP contribution in [0.4, 0.5) is 0 Å². The van der Waals surface area contributed by atoms with Crippen molar-refractivity contribution in [1.82, 2.24) is 14.5 Å². The minimum absolute atomic E-state index is 0.664. The fourth-order valence-electron chi connectivity index (χ4n) is 10.4. The van der Waals surface area contributed by atoms with Gasteiger partial charge in [-0.2, -0.15) is 0 Å². The highest BCUT2D eigenvalue weighted by Crippen LogP contribution is 2.45. The van der Waals surface area contributed by atoms with Gasteiger partial charge in [-0.1, -0.05) is 243 Å². The Bertz CT molecular complexity index is 3800.